The first-order chi connectivity index (χ1) is 23.0. The maximum Gasteiger partial charge on any atom is 0.505 e. The Labute approximate surface area is 274 Å². The molecular formula is C29H50N2O16. The molecule has 1 heterocycles. The number of nitrogens with one attached hydrogen (secondary N) is 1. The maximum atomic E-state index is 11.8. The molecule has 0 bridgehead atoms. The molecule has 0 aliphatic carbocycles. The van der Waals surface area contributed by atoms with E-state index in [0.29, 0.717) is 119 Å². The number of ether oxygens (including phenoxy) is 11. The lowest BCUT2D eigenvalue weighted by atomic mass is 10.4. The molecule has 47 heavy (non-hydrogen) atoms. The molecule has 0 unspecified atom stereocenters. The summed E-state index contributed by atoms with van der Waals surface area (Å²) < 4.78 is 58.0. The zero-order valence-corrected chi connectivity index (χ0v) is 26.9. The second-order valence-electron chi connectivity index (χ2n) is 9.18. The van der Waals surface area contributed by atoms with Gasteiger partial charge in [0.25, 0.3) is 11.8 Å². The van der Waals surface area contributed by atoms with Gasteiger partial charge >= 0.3 is 6.16 Å². The Kier molecular flexibility index (Phi) is 28.6. The highest BCUT2D eigenvalue weighted by atomic mass is 16.7. The molecule has 0 fully saturated rings. The summed E-state index contributed by atoms with van der Waals surface area (Å²) in [6.45, 7) is 8.15. The summed E-state index contributed by atoms with van der Waals surface area (Å²) in [6.07, 6.45) is 0.943. The summed E-state index contributed by atoms with van der Waals surface area (Å²) in [5, 5.41) is 10.9. The normalized spacial score (nSPS) is 12.7. The van der Waals surface area contributed by atoms with Gasteiger partial charge in [0.2, 0.25) is 5.91 Å². The second-order valence-corrected chi connectivity index (χ2v) is 9.18. The standard InChI is InChI=1S/C29H50N2O16/c32-26(25-31-27(33)1-2-28(31)34)30-3-4-37-5-6-38-7-8-39-9-10-40-11-12-41-13-14-42-15-16-43-17-18-44-19-20-45-21-22-46-23-24-47-29(35)36/h1-2H,3-25H2,(H,30,32)(H,35,36). The van der Waals surface area contributed by atoms with E-state index in [4.69, 9.17) is 52.5 Å². The molecule has 1 aliphatic rings. The van der Waals surface area contributed by atoms with Crippen molar-refractivity contribution in [3.63, 3.8) is 0 Å². The lowest BCUT2D eigenvalue weighted by Crippen LogP contribution is -2.41. The molecule has 0 aromatic rings. The number of hydrogen-bond acceptors (Lipinski definition) is 15. The fraction of sp³-hybridized carbons (Fsp3) is 0.793. The van der Waals surface area contributed by atoms with Crippen molar-refractivity contribution in [2.24, 2.45) is 0 Å². The molecule has 18 nitrogen and oxygen atoms in total. The number of hydrogen-bond donors (Lipinski definition) is 2. The van der Waals surface area contributed by atoms with Crippen LogP contribution in [0.2, 0.25) is 0 Å². The third-order valence-electron chi connectivity index (χ3n) is 5.57. The SMILES string of the molecule is O=C(CN1C(=O)C=CC1=O)NCCOCCOCCOCCOCCOCCOCCOCCOCCOCCOCCOC(=O)O. The van der Waals surface area contributed by atoms with E-state index in [2.05, 4.69) is 10.1 Å². The first-order valence-corrected chi connectivity index (χ1v) is 15.4. The van der Waals surface area contributed by atoms with Crippen LogP contribution in [0.15, 0.2) is 12.2 Å². The molecule has 18 heteroatoms. The Hall–Kier alpha value is -2.78. The molecule has 1 aliphatic heterocycles. The van der Waals surface area contributed by atoms with E-state index >= 15 is 0 Å². The van der Waals surface area contributed by atoms with Crippen LogP contribution in [-0.2, 0) is 66.5 Å². The Morgan fingerprint density at radius 1 is 0.489 bits per heavy atom. The number of carbonyl (C=O) groups excluding carboxylic acids is 3. The van der Waals surface area contributed by atoms with E-state index in [-0.39, 0.29) is 32.9 Å². The number of amides is 3. The zero-order valence-electron chi connectivity index (χ0n) is 26.9. The minimum atomic E-state index is -1.32. The van der Waals surface area contributed by atoms with Crippen LogP contribution in [-0.4, -0.2) is 186 Å². The van der Waals surface area contributed by atoms with E-state index < -0.39 is 23.9 Å². The van der Waals surface area contributed by atoms with Crippen LogP contribution in [0.5, 0.6) is 0 Å². The third-order valence-corrected chi connectivity index (χ3v) is 5.57. The quantitative estimate of drug-likeness (QED) is 0.0462. The summed E-state index contributed by atoms with van der Waals surface area (Å²) in [7, 11) is 0. The topological polar surface area (TPSA) is 205 Å². The molecule has 3 amide bonds. The molecule has 0 aromatic heterocycles. The van der Waals surface area contributed by atoms with Gasteiger partial charge in [0, 0.05) is 18.7 Å². The molecule has 0 radical (unpaired) electrons. The third kappa shape index (κ3) is 28.0. The average molecular weight is 683 g/mol. The molecule has 0 aromatic carbocycles. The molecule has 1 rings (SSSR count). The zero-order chi connectivity index (χ0) is 34.0. The highest BCUT2D eigenvalue weighted by Crippen LogP contribution is 2.02. The Balaban J connectivity index is 1.65. The van der Waals surface area contributed by atoms with Crippen LogP contribution in [0.25, 0.3) is 0 Å². The van der Waals surface area contributed by atoms with Crippen molar-refractivity contribution in [1.29, 1.82) is 0 Å². The van der Waals surface area contributed by atoms with E-state index in [0.717, 1.165) is 17.1 Å². The predicted molar refractivity (Wildman–Crippen MR) is 161 cm³/mol. The lowest BCUT2D eigenvalue weighted by molar-refractivity contribution is -0.141. The van der Waals surface area contributed by atoms with Crippen LogP contribution in [0, 0.1) is 0 Å². The fourth-order valence-corrected chi connectivity index (χ4v) is 3.32. The van der Waals surface area contributed by atoms with Crippen molar-refractivity contribution in [3.8, 4) is 0 Å². The second kappa shape index (κ2) is 31.8. The summed E-state index contributed by atoms with van der Waals surface area (Å²) in [5.41, 5.74) is 0. The van der Waals surface area contributed by atoms with Gasteiger partial charge < -0.3 is 62.5 Å². The van der Waals surface area contributed by atoms with Crippen LogP contribution in [0.1, 0.15) is 0 Å². The van der Waals surface area contributed by atoms with E-state index in [1.807, 2.05) is 0 Å². The van der Waals surface area contributed by atoms with Gasteiger partial charge in [-0.25, -0.2) is 4.79 Å². The minimum Gasteiger partial charge on any atom is -0.450 e. The van der Waals surface area contributed by atoms with Gasteiger partial charge in [-0.05, 0) is 0 Å². The van der Waals surface area contributed by atoms with Gasteiger partial charge in [-0.3, -0.25) is 19.3 Å². The molecule has 0 saturated carbocycles. The lowest BCUT2D eigenvalue weighted by Gasteiger charge is -2.13. The summed E-state index contributed by atoms with van der Waals surface area (Å²) in [5.74, 6) is -1.42. The average Bonchev–Trinajstić information content (AvgIpc) is 3.36. The Bertz CT molecular complexity index is 829. The van der Waals surface area contributed by atoms with Crippen molar-refractivity contribution in [2.75, 3.05) is 152 Å². The van der Waals surface area contributed by atoms with Crippen LogP contribution < -0.4 is 5.32 Å². The van der Waals surface area contributed by atoms with Crippen LogP contribution in [0.3, 0.4) is 0 Å². The smallest absolute Gasteiger partial charge is 0.450 e. The molecule has 0 spiro atoms. The summed E-state index contributed by atoms with van der Waals surface area (Å²) in [6, 6.07) is 0. The van der Waals surface area contributed by atoms with Crippen molar-refractivity contribution in [2.45, 2.75) is 0 Å². The number of rotatable bonds is 35. The highest BCUT2D eigenvalue weighted by Gasteiger charge is 2.25. The maximum absolute atomic E-state index is 11.8. The summed E-state index contributed by atoms with van der Waals surface area (Å²) in [4.78, 5) is 45.6. The van der Waals surface area contributed by atoms with E-state index in [9.17, 15) is 19.2 Å². The van der Waals surface area contributed by atoms with Crippen molar-refractivity contribution < 1.29 is 76.4 Å². The largest absolute Gasteiger partial charge is 0.505 e. The number of imide groups is 1. The summed E-state index contributed by atoms with van der Waals surface area (Å²) >= 11 is 0. The monoisotopic (exact) mass is 682 g/mol. The molecular weight excluding hydrogens is 632 g/mol. The number of carbonyl (C=O) groups is 4. The first kappa shape index (κ1) is 42.2. The van der Waals surface area contributed by atoms with Gasteiger partial charge in [0.05, 0.1) is 132 Å². The van der Waals surface area contributed by atoms with Crippen molar-refractivity contribution in [3.05, 3.63) is 12.2 Å². The van der Waals surface area contributed by atoms with Gasteiger partial charge in [-0.1, -0.05) is 0 Å². The predicted octanol–water partition coefficient (Wildman–Crippen LogP) is -1.11. The Morgan fingerprint density at radius 2 is 0.766 bits per heavy atom. The molecule has 2 N–H and O–H groups in total. The first-order valence-electron chi connectivity index (χ1n) is 15.4. The fourth-order valence-electron chi connectivity index (χ4n) is 3.32. The number of carboxylic acid groups (broad SMARTS) is 1. The molecule has 0 atom stereocenters. The minimum absolute atomic E-state index is 0.00240. The van der Waals surface area contributed by atoms with Crippen LogP contribution >= 0.6 is 0 Å². The van der Waals surface area contributed by atoms with E-state index in [1.165, 1.54) is 0 Å². The van der Waals surface area contributed by atoms with E-state index in [1.54, 1.807) is 0 Å². The van der Waals surface area contributed by atoms with Crippen molar-refractivity contribution >= 4 is 23.9 Å². The van der Waals surface area contributed by atoms with Gasteiger partial charge in [-0.15, -0.1) is 0 Å². The highest BCUT2D eigenvalue weighted by molar-refractivity contribution is 6.14. The van der Waals surface area contributed by atoms with Gasteiger partial charge in [-0.2, -0.15) is 0 Å². The van der Waals surface area contributed by atoms with Crippen molar-refractivity contribution in [1.82, 2.24) is 10.2 Å². The Morgan fingerprint density at radius 3 is 1.06 bits per heavy atom. The van der Waals surface area contributed by atoms with Gasteiger partial charge in [0.1, 0.15) is 13.2 Å². The van der Waals surface area contributed by atoms with Gasteiger partial charge in [0.15, 0.2) is 0 Å². The molecule has 0 saturated heterocycles. The van der Waals surface area contributed by atoms with Crippen LogP contribution in [0.4, 0.5) is 4.79 Å². The molecule has 272 valence electrons. The number of nitrogens with zero attached hydrogens (tertiary/aromatic N) is 1.